The Morgan fingerprint density at radius 2 is 1.71 bits per heavy atom. The van der Waals surface area contributed by atoms with Crippen LogP contribution in [0.15, 0.2) is 65.1 Å². The summed E-state index contributed by atoms with van der Waals surface area (Å²) in [4.78, 5) is 0. The lowest BCUT2D eigenvalue weighted by Gasteiger charge is -2.08. The molecule has 3 aromatic carbocycles. The lowest BCUT2D eigenvalue weighted by atomic mass is 10.1. The molecular formula is C20H13ClN2O. The summed E-state index contributed by atoms with van der Waals surface area (Å²) in [6, 6.07) is 21.4. The minimum absolute atomic E-state index is 0.589. The molecule has 24 heavy (non-hydrogen) atoms. The summed E-state index contributed by atoms with van der Waals surface area (Å²) in [6.07, 6.45) is 0. The number of hydrogen-bond donors (Lipinski definition) is 1. The summed E-state index contributed by atoms with van der Waals surface area (Å²) in [6.45, 7) is 0.589. The summed E-state index contributed by atoms with van der Waals surface area (Å²) < 4.78 is 5.83. The molecule has 0 unspecified atom stereocenters. The van der Waals surface area contributed by atoms with Gasteiger partial charge in [0.25, 0.3) is 0 Å². The zero-order valence-electron chi connectivity index (χ0n) is 12.7. The fourth-order valence-electron chi connectivity index (χ4n) is 2.84. The summed E-state index contributed by atoms with van der Waals surface area (Å²) >= 11 is 6.10. The van der Waals surface area contributed by atoms with Crippen molar-refractivity contribution in [2.75, 3.05) is 5.32 Å². The number of benzene rings is 3. The third-order valence-corrected chi connectivity index (χ3v) is 4.29. The Labute approximate surface area is 144 Å². The molecule has 0 amide bonds. The predicted molar refractivity (Wildman–Crippen MR) is 97.2 cm³/mol. The molecule has 4 heteroatoms. The van der Waals surface area contributed by atoms with Crippen molar-refractivity contribution in [3.8, 4) is 6.07 Å². The van der Waals surface area contributed by atoms with Crippen LogP contribution in [0.3, 0.4) is 0 Å². The van der Waals surface area contributed by atoms with E-state index in [0.717, 1.165) is 33.2 Å². The lowest BCUT2D eigenvalue weighted by molar-refractivity contribution is 0.669. The Morgan fingerprint density at radius 1 is 0.958 bits per heavy atom. The maximum Gasteiger partial charge on any atom is 0.135 e. The van der Waals surface area contributed by atoms with Gasteiger partial charge in [-0.15, -0.1) is 0 Å². The van der Waals surface area contributed by atoms with Gasteiger partial charge in [-0.2, -0.15) is 5.26 Å². The molecular weight excluding hydrogens is 320 g/mol. The topological polar surface area (TPSA) is 49.0 Å². The van der Waals surface area contributed by atoms with Crippen molar-refractivity contribution < 1.29 is 4.42 Å². The molecule has 0 spiro atoms. The molecule has 4 rings (SSSR count). The fraction of sp³-hybridized carbons (Fsp3) is 0.0500. The van der Waals surface area contributed by atoms with Gasteiger partial charge >= 0.3 is 0 Å². The molecule has 0 aliphatic carbocycles. The van der Waals surface area contributed by atoms with Crippen molar-refractivity contribution >= 4 is 39.2 Å². The first-order chi connectivity index (χ1) is 11.7. The van der Waals surface area contributed by atoms with Crippen LogP contribution in [0.4, 0.5) is 5.69 Å². The fourth-order valence-corrected chi connectivity index (χ4v) is 3.01. The van der Waals surface area contributed by atoms with Gasteiger partial charge in [0.1, 0.15) is 11.2 Å². The van der Waals surface area contributed by atoms with Crippen molar-refractivity contribution in [3.63, 3.8) is 0 Å². The maximum atomic E-state index is 9.17. The Morgan fingerprint density at radius 3 is 2.54 bits per heavy atom. The highest BCUT2D eigenvalue weighted by molar-refractivity contribution is 6.31. The standard InChI is InChI=1S/C20H13ClN2O/c21-15-5-7-19-17(9-15)18-10-16(6-8-20(18)24-19)23-12-14-4-2-1-3-13(14)11-22/h1-10,23H,12H2. The van der Waals surface area contributed by atoms with E-state index >= 15 is 0 Å². The van der Waals surface area contributed by atoms with Crippen molar-refractivity contribution in [1.29, 1.82) is 5.26 Å². The average molecular weight is 333 g/mol. The molecule has 0 saturated carbocycles. The van der Waals surface area contributed by atoms with Crippen LogP contribution in [0, 0.1) is 11.3 Å². The van der Waals surface area contributed by atoms with E-state index in [-0.39, 0.29) is 0 Å². The Balaban J connectivity index is 1.69. The molecule has 1 aromatic heterocycles. The van der Waals surface area contributed by atoms with E-state index < -0.39 is 0 Å². The SMILES string of the molecule is N#Cc1ccccc1CNc1ccc2oc3ccc(Cl)cc3c2c1. The second-order valence-electron chi connectivity index (χ2n) is 5.58. The zero-order chi connectivity index (χ0) is 16.5. The molecule has 3 nitrogen and oxygen atoms in total. The van der Waals surface area contributed by atoms with Gasteiger partial charge in [-0.25, -0.2) is 0 Å². The first kappa shape index (κ1) is 14.6. The van der Waals surface area contributed by atoms with Crippen LogP contribution in [-0.2, 0) is 6.54 Å². The Kier molecular flexibility index (Phi) is 3.60. The largest absolute Gasteiger partial charge is 0.456 e. The van der Waals surface area contributed by atoms with E-state index in [2.05, 4.69) is 11.4 Å². The number of fused-ring (bicyclic) bond motifs is 3. The molecule has 0 aliphatic rings. The molecule has 0 bridgehead atoms. The van der Waals surface area contributed by atoms with Gasteiger partial charge in [0.2, 0.25) is 0 Å². The normalized spacial score (nSPS) is 10.8. The van der Waals surface area contributed by atoms with Crippen molar-refractivity contribution in [1.82, 2.24) is 0 Å². The average Bonchev–Trinajstić information content (AvgIpc) is 2.97. The lowest BCUT2D eigenvalue weighted by Crippen LogP contribution is -2.01. The second kappa shape index (κ2) is 5.92. The molecule has 1 heterocycles. The van der Waals surface area contributed by atoms with Crippen LogP contribution >= 0.6 is 11.6 Å². The molecule has 0 radical (unpaired) electrons. The van der Waals surface area contributed by atoms with E-state index in [1.54, 1.807) is 0 Å². The third-order valence-electron chi connectivity index (χ3n) is 4.05. The smallest absolute Gasteiger partial charge is 0.135 e. The van der Waals surface area contributed by atoms with Gasteiger partial charge in [-0.3, -0.25) is 0 Å². The molecule has 116 valence electrons. The van der Waals surface area contributed by atoms with Gasteiger partial charge < -0.3 is 9.73 Å². The van der Waals surface area contributed by atoms with Crippen LogP contribution in [0.25, 0.3) is 21.9 Å². The number of nitriles is 1. The number of furan rings is 1. The van der Waals surface area contributed by atoms with Crippen LogP contribution < -0.4 is 5.32 Å². The monoisotopic (exact) mass is 332 g/mol. The third kappa shape index (κ3) is 2.58. The first-order valence-corrected chi connectivity index (χ1v) is 7.96. The summed E-state index contributed by atoms with van der Waals surface area (Å²) in [5.41, 5.74) is 4.28. The van der Waals surface area contributed by atoms with E-state index in [4.69, 9.17) is 16.0 Å². The van der Waals surface area contributed by atoms with E-state index in [0.29, 0.717) is 17.1 Å². The quantitative estimate of drug-likeness (QED) is 0.521. The number of anilines is 1. The zero-order valence-corrected chi connectivity index (χ0v) is 13.5. The summed E-state index contributed by atoms with van der Waals surface area (Å²) in [7, 11) is 0. The van der Waals surface area contributed by atoms with Gasteiger partial charge in [0.05, 0.1) is 11.6 Å². The molecule has 1 N–H and O–H groups in total. The number of hydrogen-bond acceptors (Lipinski definition) is 3. The number of halogens is 1. The molecule has 0 aliphatic heterocycles. The molecule has 0 saturated heterocycles. The van der Waals surface area contributed by atoms with Gasteiger partial charge in [-0.05, 0) is 48.0 Å². The summed E-state index contributed by atoms with van der Waals surface area (Å²) in [5, 5.41) is 15.2. The Hall–Kier alpha value is -2.96. The van der Waals surface area contributed by atoms with Gasteiger partial charge in [-0.1, -0.05) is 29.8 Å². The summed E-state index contributed by atoms with van der Waals surface area (Å²) in [5.74, 6) is 0. The Bertz CT molecular complexity index is 1090. The highest BCUT2D eigenvalue weighted by Gasteiger charge is 2.08. The highest BCUT2D eigenvalue weighted by atomic mass is 35.5. The minimum Gasteiger partial charge on any atom is -0.456 e. The molecule has 0 atom stereocenters. The van der Waals surface area contributed by atoms with Crippen molar-refractivity contribution in [2.45, 2.75) is 6.54 Å². The highest BCUT2D eigenvalue weighted by Crippen LogP contribution is 2.32. The first-order valence-electron chi connectivity index (χ1n) is 7.58. The van der Waals surface area contributed by atoms with Crippen LogP contribution in [0.2, 0.25) is 5.02 Å². The van der Waals surface area contributed by atoms with Crippen LogP contribution in [-0.4, -0.2) is 0 Å². The van der Waals surface area contributed by atoms with Crippen molar-refractivity contribution in [2.24, 2.45) is 0 Å². The second-order valence-corrected chi connectivity index (χ2v) is 6.01. The van der Waals surface area contributed by atoms with Crippen LogP contribution in [0.1, 0.15) is 11.1 Å². The maximum absolute atomic E-state index is 9.17. The number of nitrogens with zero attached hydrogens (tertiary/aromatic N) is 1. The molecule has 4 aromatic rings. The minimum atomic E-state index is 0.589. The van der Waals surface area contributed by atoms with E-state index in [9.17, 15) is 5.26 Å². The van der Waals surface area contributed by atoms with Crippen LogP contribution in [0.5, 0.6) is 0 Å². The van der Waals surface area contributed by atoms with E-state index in [1.807, 2.05) is 60.7 Å². The number of rotatable bonds is 3. The van der Waals surface area contributed by atoms with Crippen molar-refractivity contribution in [3.05, 3.63) is 76.8 Å². The van der Waals surface area contributed by atoms with E-state index in [1.165, 1.54) is 0 Å². The predicted octanol–water partition coefficient (Wildman–Crippen LogP) is 5.72. The molecule has 0 fully saturated rings. The number of nitrogens with one attached hydrogen (secondary N) is 1. The van der Waals surface area contributed by atoms with Gasteiger partial charge in [0, 0.05) is 28.0 Å². The van der Waals surface area contributed by atoms with Gasteiger partial charge in [0.15, 0.2) is 0 Å².